The number of ether oxygens (including phenoxy) is 1. The quantitative estimate of drug-likeness (QED) is 0.327. The molecule has 0 unspecified atom stereocenters. The normalized spacial score (nSPS) is 13.8. The van der Waals surface area contributed by atoms with E-state index in [-0.39, 0.29) is 5.56 Å². The van der Waals surface area contributed by atoms with Crippen LogP contribution in [-0.4, -0.2) is 58.6 Å². The number of benzene rings is 2. The number of hydrogen-bond acceptors (Lipinski definition) is 7. The number of halogens is 1. The smallest absolute Gasteiger partial charge is 0.267 e. The summed E-state index contributed by atoms with van der Waals surface area (Å²) in [6.45, 7) is 3.77. The molecule has 10 heteroatoms. The van der Waals surface area contributed by atoms with E-state index >= 15 is 0 Å². The molecule has 3 aromatic heterocycles. The second-order valence-electron chi connectivity index (χ2n) is 9.81. The molecular formula is C31H27FN6O3. The lowest BCUT2D eigenvalue weighted by Gasteiger charge is -2.33. The van der Waals surface area contributed by atoms with Crippen molar-refractivity contribution in [1.29, 1.82) is 0 Å². The number of aromatic nitrogens is 3. The van der Waals surface area contributed by atoms with E-state index in [4.69, 9.17) is 4.74 Å². The fraction of sp³-hybridized carbons (Fsp3) is 0.161. The summed E-state index contributed by atoms with van der Waals surface area (Å²) < 4.78 is 20.8. The van der Waals surface area contributed by atoms with E-state index in [0.29, 0.717) is 22.9 Å². The van der Waals surface area contributed by atoms with Gasteiger partial charge in [-0.25, -0.2) is 9.37 Å². The number of pyridine rings is 3. The predicted molar refractivity (Wildman–Crippen MR) is 156 cm³/mol. The Morgan fingerprint density at radius 1 is 0.951 bits per heavy atom. The summed E-state index contributed by atoms with van der Waals surface area (Å²) >= 11 is 0. The van der Waals surface area contributed by atoms with Gasteiger partial charge in [0, 0.05) is 55.3 Å². The van der Waals surface area contributed by atoms with E-state index < -0.39 is 17.3 Å². The van der Waals surface area contributed by atoms with E-state index in [1.807, 2.05) is 12.1 Å². The lowest BCUT2D eigenvalue weighted by Crippen LogP contribution is -2.44. The van der Waals surface area contributed by atoms with Gasteiger partial charge in [0.2, 0.25) is 0 Å². The van der Waals surface area contributed by atoms with Crippen LogP contribution in [0.3, 0.4) is 0 Å². The van der Waals surface area contributed by atoms with Crippen molar-refractivity contribution in [3.63, 3.8) is 0 Å². The molecule has 9 nitrogen and oxygen atoms in total. The van der Waals surface area contributed by atoms with Gasteiger partial charge in [0.1, 0.15) is 28.7 Å². The molecule has 6 rings (SSSR count). The average molecular weight is 551 g/mol. The first-order valence-electron chi connectivity index (χ1n) is 13.2. The van der Waals surface area contributed by atoms with Gasteiger partial charge in [0.25, 0.3) is 11.5 Å². The van der Waals surface area contributed by atoms with Crippen LogP contribution in [0.5, 0.6) is 11.5 Å². The fourth-order valence-electron chi connectivity index (χ4n) is 4.71. The zero-order valence-corrected chi connectivity index (χ0v) is 22.3. The van der Waals surface area contributed by atoms with Gasteiger partial charge in [-0.1, -0.05) is 0 Å². The van der Waals surface area contributed by atoms with E-state index in [0.717, 1.165) is 42.9 Å². The van der Waals surface area contributed by atoms with E-state index in [9.17, 15) is 14.0 Å². The molecule has 1 N–H and O–H groups in total. The van der Waals surface area contributed by atoms with Crippen molar-refractivity contribution >= 4 is 28.3 Å². The second kappa shape index (κ2) is 11.2. The molecule has 1 aliphatic heterocycles. The van der Waals surface area contributed by atoms with Crippen molar-refractivity contribution in [1.82, 2.24) is 19.4 Å². The van der Waals surface area contributed by atoms with Gasteiger partial charge >= 0.3 is 0 Å². The van der Waals surface area contributed by atoms with Crippen molar-refractivity contribution < 1.29 is 13.9 Å². The third kappa shape index (κ3) is 5.64. The number of hydrogen-bond donors (Lipinski definition) is 1. The molecule has 1 saturated heterocycles. The van der Waals surface area contributed by atoms with Gasteiger partial charge in [-0.2, -0.15) is 0 Å². The minimum Gasteiger partial charge on any atom is -0.457 e. The Kier molecular flexibility index (Phi) is 7.13. The highest BCUT2D eigenvalue weighted by Crippen LogP contribution is 2.31. The number of anilines is 2. The van der Waals surface area contributed by atoms with E-state index in [1.165, 1.54) is 41.1 Å². The number of piperazine rings is 1. The number of amides is 1. The molecule has 0 aliphatic carbocycles. The molecular weight excluding hydrogens is 523 g/mol. The van der Waals surface area contributed by atoms with Crippen molar-refractivity contribution in [2.75, 3.05) is 43.4 Å². The zero-order chi connectivity index (χ0) is 28.3. The van der Waals surface area contributed by atoms with Crippen LogP contribution in [0.1, 0.15) is 10.4 Å². The Balaban J connectivity index is 1.18. The first kappa shape index (κ1) is 26.1. The molecule has 1 amide bonds. The largest absolute Gasteiger partial charge is 0.457 e. The highest BCUT2D eigenvalue weighted by molar-refractivity contribution is 6.04. The summed E-state index contributed by atoms with van der Waals surface area (Å²) in [6.07, 6.45) is 4.98. The molecule has 0 bridgehead atoms. The summed E-state index contributed by atoms with van der Waals surface area (Å²) in [7, 11) is 2.12. The third-order valence-corrected chi connectivity index (χ3v) is 7.04. The first-order valence-corrected chi connectivity index (χ1v) is 13.2. The maximum Gasteiger partial charge on any atom is 0.267 e. The highest BCUT2D eigenvalue weighted by Gasteiger charge is 2.17. The van der Waals surface area contributed by atoms with Gasteiger partial charge in [0.15, 0.2) is 0 Å². The standard InChI is InChI=1S/C31H27FN6O3/c1-36-15-17-37(18-16-36)29-19-26-27(20-34-29)33-13-12-28(26)41-24-10-6-22(7-11-24)35-30(39)25-3-2-14-38(31(25)40)23-8-4-21(32)5-9-23/h2-14,19-20H,15-18H2,1H3,(H,35,39). The monoisotopic (exact) mass is 550 g/mol. The van der Waals surface area contributed by atoms with Crippen LogP contribution in [0.25, 0.3) is 16.6 Å². The van der Waals surface area contributed by atoms with E-state index in [2.05, 4.69) is 32.1 Å². The summed E-state index contributed by atoms with van der Waals surface area (Å²) in [4.78, 5) is 39.5. The van der Waals surface area contributed by atoms with Crippen LogP contribution in [0, 0.1) is 5.82 Å². The number of nitrogens with zero attached hydrogens (tertiary/aromatic N) is 5. The molecule has 1 aliphatic rings. The van der Waals surface area contributed by atoms with E-state index in [1.54, 1.807) is 42.7 Å². The molecule has 5 aromatic rings. The molecule has 41 heavy (non-hydrogen) atoms. The Morgan fingerprint density at radius 2 is 1.71 bits per heavy atom. The van der Waals surface area contributed by atoms with Crippen molar-refractivity contribution in [3.05, 3.63) is 113 Å². The van der Waals surface area contributed by atoms with Crippen LogP contribution in [0.15, 0.2) is 96.2 Å². The van der Waals surface area contributed by atoms with Crippen LogP contribution < -0.4 is 20.5 Å². The lowest BCUT2D eigenvalue weighted by molar-refractivity contribution is 0.102. The molecule has 4 heterocycles. The van der Waals surface area contributed by atoms with Crippen molar-refractivity contribution in [2.45, 2.75) is 0 Å². The molecule has 0 atom stereocenters. The summed E-state index contributed by atoms with van der Waals surface area (Å²) in [5.74, 6) is 1.15. The minimum atomic E-state index is -0.552. The fourth-order valence-corrected chi connectivity index (χ4v) is 4.71. The first-order chi connectivity index (χ1) is 19.9. The average Bonchev–Trinajstić information content (AvgIpc) is 2.99. The molecule has 0 spiro atoms. The molecule has 1 fully saturated rings. The zero-order valence-electron chi connectivity index (χ0n) is 22.3. The number of rotatable bonds is 6. The third-order valence-electron chi connectivity index (χ3n) is 7.04. The molecule has 0 saturated carbocycles. The Labute approximate surface area is 235 Å². The summed E-state index contributed by atoms with van der Waals surface area (Å²) in [5.41, 5.74) is 1.15. The number of likely N-dealkylation sites (N-methyl/N-ethyl adjacent to an activating group) is 1. The summed E-state index contributed by atoms with van der Waals surface area (Å²) in [6, 6.07) is 19.2. The molecule has 2 aromatic carbocycles. The highest BCUT2D eigenvalue weighted by atomic mass is 19.1. The van der Waals surface area contributed by atoms with Crippen molar-refractivity contribution in [2.24, 2.45) is 0 Å². The van der Waals surface area contributed by atoms with Crippen molar-refractivity contribution in [3.8, 4) is 17.2 Å². The summed E-state index contributed by atoms with van der Waals surface area (Å²) in [5, 5.41) is 3.62. The van der Waals surface area contributed by atoms with Crippen LogP contribution in [-0.2, 0) is 0 Å². The Morgan fingerprint density at radius 3 is 2.46 bits per heavy atom. The van der Waals surface area contributed by atoms with Gasteiger partial charge in [-0.05, 0) is 79.8 Å². The van der Waals surface area contributed by atoms with Crippen LogP contribution in [0.2, 0.25) is 0 Å². The van der Waals surface area contributed by atoms with Gasteiger partial charge in [0.05, 0.1) is 11.7 Å². The Bertz CT molecular complexity index is 1760. The SMILES string of the molecule is CN1CCN(c2cc3c(Oc4ccc(NC(=O)c5cccn(-c6ccc(F)cc6)c5=O)cc4)ccnc3cn2)CC1. The predicted octanol–water partition coefficient (Wildman–Crippen LogP) is 4.72. The number of carbonyl (C=O) groups is 1. The number of carbonyl (C=O) groups excluding carboxylic acids is 1. The minimum absolute atomic E-state index is 0.0369. The van der Waals surface area contributed by atoms with Gasteiger partial charge in [-0.15, -0.1) is 0 Å². The van der Waals surface area contributed by atoms with Crippen LogP contribution >= 0.6 is 0 Å². The number of fused-ring (bicyclic) bond motifs is 1. The van der Waals surface area contributed by atoms with Gasteiger partial charge < -0.3 is 19.9 Å². The van der Waals surface area contributed by atoms with Gasteiger partial charge in [-0.3, -0.25) is 19.1 Å². The Hall–Kier alpha value is -5.09. The molecule has 0 radical (unpaired) electrons. The van der Waals surface area contributed by atoms with Crippen LogP contribution in [0.4, 0.5) is 15.9 Å². The topological polar surface area (TPSA) is 92.6 Å². The maximum atomic E-state index is 13.3. The maximum absolute atomic E-state index is 13.3. The molecule has 206 valence electrons. The lowest BCUT2D eigenvalue weighted by atomic mass is 10.2. The second-order valence-corrected chi connectivity index (χ2v) is 9.81. The number of nitrogens with one attached hydrogen (secondary N) is 1.